The minimum absolute atomic E-state index is 0.166. The second-order valence-electron chi connectivity index (χ2n) is 5.89. The summed E-state index contributed by atoms with van der Waals surface area (Å²) in [5.74, 6) is 0.602. The number of ether oxygens (including phenoxy) is 1. The van der Waals surface area contributed by atoms with Crippen LogP contribution in [0, 0.1) is 6.92 Å². The van der Waals surface area contributed by atoms with Crippen LogP contribution in [0.2, 0.25) is 0 Å². The van der Waals surface area contributed by atoms with Crippen LogP contribution in [0.1, 0.15) is 17.0 Å². The molecule has 1 aromatic heterocycles. The monoisotopic (exact) mass is 347 g/mol. The van der Waals surface area contributed by atoms with Crippen molar-refractivity contribution in [2.45, 2.75) is 13.3 Å². The summed E-state index contributed by atoms with van der Waals surface area (Å²) in [4.78, 5) is 12.1. The summed E-state index contributed by atoms with van der Waals surface area (Å²) in [6.07, 6.45) is 1.92. The van der Waals surface area contributed by atoms with Crippen LogP contribution in [0.15, 0.2) is 71.8 Å². The Morgan fingerprint density at radius 1 is 1.08 bits per heavy atom. The first kappa shape index (κ1) is 17.5. The molecule has 0 atom stereocenters. The molecule has 0 saturated carbocycles. The molecule has 2 aromatic carbocycles. The number of aromatic nitrogens is 1. The van der Waals surface area contributed by atoms with Crippen molar-refractivity contribution in [1.82, 2.24) is 9.99 Å². The van der Waals surface area contributed by atoms with E-state index in [1.165, 1.54) is 0 Å². The number of methoxy groups -OCH3 is 1. The van der Waals surface area contributed by atoms with Crippen molar-refractivity contribution in [3.8, 4) is 11.4 Å². The average molecular weight is 347 g/mol. The smallest absolute Gasteiger partial charge is 0.244 e. The van der Waals surface area contributed by atoms with E-state index < -0.39 is 0 Å². The van der Waals surface area contributed by atoms with Crippen molar-refractivity contribution >= 4 is 12.1 Å². The molecule has 0 saturated heterocycles. The van der Waals surface area contributed by atoms with Gasteiger partial charge in [-0.3, -0.25) is 4.79 Å². The zero-order valence-corrected chi connectivity index (χ0v) is 14.8. The number of rotatable bonds is 6. The highest BCUT2D eigenvalue weighted by atomic mass is 16.5. The minimum Gasteiger partial charge on any atom is -0.497 e. The van der Waals surface area contributed by atoms with E-state index in [0.29, 0.717) is 0 Å². The quantitative estimate of drug-likeness (QED) is 0.548. The summed E-state index contributed by atoms with van der Waals surface area (Å²) in [6, 6.07) is 21.4. The van der Waals surface area contributed by atoms with Gasteiger partial charge < -0.3 is 9.30 Å². The minimum atomic E-state index is -0.166. The molecule has 3 rings (SSSR count). The van der Waals surface area contributed by atoms with Crippen molar-refractivity contribution in [2.75, 3.05) is 7.11 Å². The van der Waals surface area contributed by atoms with Gasteiger partial charge in [-0.15, -0.1) is 0 Å². The van der Waals surface area contributed by atoms with Crippen LogP contribution in [0.4, 0.5) is 0 Å². The Morgan fingerprint density at radius 3 is 2.50 bits per heavy atom. The van der Waals surface area contributed by atoms with Gasteiger partial charge >= 0.3 is 0 Å². The fraction of sp³-hybridized carbons (Fsp3) is 0.143. The number of nitrogens with zero attached hydrogens (tertiary/aromatic N) is 2. The maximum atomic E-state index is 12.1. The number of nitrogens with one attached hydrogen (secondary N) is 1. The van der Waals surface area contributed by atoms with Crippen molar-refractivity contribution < 1.29 is 9.53 Å². The topological polar surface area (TPSA) is 55.6 Å². The van der Waals surface area contributed by atoms with Gasteiger partial charge in [-0.25, -0.2) is 5.43 Å². The third kappa shape index (κ3) is 4.19. The Kier molecular flexibility index (Phi) is 5.49. The summed E-state index contributed by atoms with van der Waals surface area (Å²) in [5.41, 5.74) is 6.54. The van der Waals surface area contributed by atoms with E-state index in [1.54, 1.807) is 13.3 Å². The number of carbonyl (C=O) groups excluding carboxylic acids is 1. The maximum Gasteiger partial charge on any atom is 0.244 e. The van der Waals surface area contributed by atoms with Crippen LogP contribution in [0.3, 0.4) is 0 Å². The highest BCUT2D eigenvalue weighted by Crippen LogP contribution is 2.15. The van der Waals surface area contributed by atoms with Crippen LogP contribution < -0.4 is 10.2 Å². The molecule has 0 aliphatic rings. The van der Waals surface area contributed by atoms with E-state index in [1.807, 2.05) is 73.7 Å². The molecule has 1 amide bonds. The van der Waals surface area contributed by atoms with E-state index in [-0.39, 0.29) is 12.3 Å². The Bertz CT molecular complexity index is 897. The molecule has 0 bridgehead atoms. The third-order valence-electron chi connectivity index (χ3n) is 4.03. The number of hydrazone groups is 1. The van der Waals surface area contributed by atoms with Crippen LogP contribution in [0.5, 0.6) is 5.75 Å². The molecule has 1 heterocycles. The molecule has 0 unspecified atom stereocenters. The van der Waals surface area contributed by atoms with Crippen LogP contribution in [-0.4, -0.2) is 23.8 Å². The lowest BCUT2D eigenvalue weighted by atomic mass is 10.1. The van der Waals surface area contributed by atoms with Crippen molar-refractivity contribution in [3.63, 3.8) is 0 Å². The molecule has 0 aliphatic carbocycles. The van der Waals surface area contributed by atoms with Gasteiger partial charge in [-0.2, -0.15) is 5.10 Å². The van der Waals surface area contributed by atoms with E-state index in [2.05, 4.69) is 15.1 Å². The summed E-state index contributed by atoms with van der Waals surface area (Å²) in [5, 5.41) is 4.10. The summed E-state index contributed by atoms with van der Waals surface area (Å²) >= 11 is 0. The molecule has 5 nitrogen and oxygen atoms in total. The van der Waals surface area contributed by atoms with Crippen molar-refractivity contribution in [3.05, 3.63) is 83.7 Å². The predicted molar refractivity (Wildman–Crippen MR) is 103 cm³/mol. The number of benzene rings is 2. The first-order valence-corrected chi connectivity index (χ1v) is 8.36. The number of amides is 1. The molecule has 0 radical (unpaired) electrons. The number of carbonyl (C=O) groups is 1. The normalized spacial score (nSPS) is 10.8. The summed E-state index contributed by atoms with van der Waals surface area (Å²) < 4.78 is 7.19. The Morgan fingerprint density at radius 2 is 1.81 bits per heavy atom. The van der Waals surface area contributed by atoms with Gasteiger partial charge in [0.25, 0.3) is 0 Å². The first-order valence-electron chi connectivity index (χ1n) is 8.36. The largest absolute Gasteiger partial charge is 0.497 e. The number of para-hydroxylation sites is 1. The summed E-state index contributed by atoms with van der Waals surface area (Å²) in [7, 11) is 1.61. The van der Waals surface area contributed by atoms with Gasteiger partial charge in [0, 0.05) is 11.4 Å². The standard InChI is InChI=1S/C21H21N3O2/c1-16-8-11-19(24(16)18-6-4-3-5-7-18)15-22-23-21(25)14-17-9-12-20(26-2)13-10-17/h3-13,15H,14H2,1-2H3,(H,23,25)/b22-15-. The molecule has 26 heavy (non-hydrogen) atoms. The molecule has 0 aliphatic heterocycles. The summed E-state index contributed by atoms with van der Waals surface area (Å²) in [6.45, 7) is 2.03. The zero-order chi connectivity index (χ0) is 18.4. The van der Waals surface area contributed by atoms with Gasteiger partial charge in [0.2, 0.25) is 5.91 Å². The van der Waals surface area contributed by atoms with Crippen LogP contribution in [0.25, 0.3) is 5.69 Å². The van der Waals surface area contributed by atoms with E-state index in [9.17, 15) is 4.79 Å². The fourth-order valence-electron chi connectivity index (χ4n) is 2.73. The Balaban J connectivity index is 1.64. The van der Waals surface area contributed by atoms with Crippen LogP contribution in [-0.2, 0) is 11.2 Å². The molecule has 3 aromatic rings. The number of aryl methyl sites for hydroxylation is 1. The molecular weight excluding hydrogens is 326 g/mol. The lowest BCUT2D eigenvalue weighted by Crippen LogP contribution is -2.20. The van der Waals surface area contributed by atoms with Crippen molar-refractivity contribution in [1.29, 1.82) is 0 Å². The number of hydrogen-bond acceptors (Lipinski definition) is 3. The lowest BCUT2D eigenvalue weighted by Gasteiger charge is -2.09. The molecule has 5 heteroatoms. The Hall–Kier alpha value is -3.34. The van der Waals surface area contributed by atoms with Crippen molar-refractivity contribution in [2.24, 2.45) is 5.10 Å². The van der Waals surface area contributed by atoms with Gasteiger partial charge in [-0.1, -0.05) is 30.3 Å². The lowest BCUT2D eigenvalue weighted by molar-refractivity contribution is -0.120. The van der Waals surface area contributed by atoms with E-state index in [0.717, 1.165) is 28.4 Å². The SMILES string of the molecule is COc1ccc(CC(=O)N/N=C\c2ccc(C)n2-c2ccccc2)cc1. The Labute approximate surface area is 152 Å². The maximum absolute atomic E-state index is 12.1. The van der Waals surface area contributed by atoms with Gasteiger partial charge in [-0.05, 0) is 48.9 Å². The highest BCUT2D eigenvalue weighted by Gasteiger charge is 2.06. The van der Waals surface area contributed by atoms with E-state index in [4.69, 9.17) is 4.74 Å². The number of hydrogen-bond donors (Lipinski definition) is 1. The van der Waals surface area contributed by atoms with Crippen LogP contribution >= 0.6 is 0 Å². The second kappa shape index (κ2) is 8.16. The van der Waals surface area contributed by atoms with Gasteiger partial charge in [0.15, 0.2) is 0 Å². The molecular formula is C21H21N3O2. The molecule has 132 valence electrons. The molecule has 0 fully saturated rings. The second-order valence-corrected chi connectivity index (χ2v) is 5.89. The average Bonchev–Trinajstić information content (AvgIpc) is 3.03. The highest BCUT2D eigenvalue weighted by molar-refractivity contribution is 5.83. The van der Waals surface area contributed by atoms with Gasteiger partial charge in [0.05, 0.1) is 25.4 Å². The predicted octanol–water partition coefficient (Wildman–Crippen LogP) is 3.49. The molecule has 1 N–H and O–H groups in total. The molecule has 0 spiro atoms. The van der Waals surface area contributed by atoms with E-state index >= 15 is 0 Å². The fourth-order valence-corrected chi connectivity index (χ4v) is 2.73. The zero-order valence-electron chi connectivity index (χ0n) is 14.8. The third-order valence-corrected chi connectivity index (χ3v) is 4.03. The first-order chi connectivity index (χ1) is 12.7. The van der Waals surface area contributed by atoms with Gasteiger partial charge in [0.1, 0.15) is 5.75 Å².